The number of aryl methyl sites for hydroxylation is 1. The summed E-state index contributed by atoms with van der Waals surface area (Å²) < 4.78 is 0. The van der Waals surface area contributed by atoms with Gasteiger partial charge in [-0.2, -0.15) is 0 Å². The van der Waals surface area contributed by atoms with Gasteiger partial charge < -0.3 is 10.2 Å². The summed E-state index contributed by atoms with van der Waals surface area (Å²) in [6.07, 6.45) is 5.70. The van der Waals surface area contributed by atoms with Crippen LogP contribution < -0.4 is 5.32 Å². The highest BCUT2D eigenvalue weighted by atomic mass is 15.3. The van der Waals surface area contributed by atoms with Gasteiger partial charge in [0.25, 0.3) is 0 Å². The zero-order valence-corrected chi connectivity index (χ0v) is 13.5. The molecule has 21 heavy (non-hydrogen) atoms. The van der Waals surface area contributed by atoms with Crippen LogP contribution in [0.15, 0.2) is 29.3 Å². The summed E-state index contributed by atoms with van der Waals surface area (Å²) in [6.45, 7) is 4.12. The Morgan fingerprint density at radius 2 is 1.95 bits per heavy atom. The summed E-state index contributed by atoms with van der Waals surface area (Å²) in [7, 11) is 4.00. The first-order chi connectivity index (χ1) is 10.1. The van der Waals surface area contributed by atoms with Crippen LogP contribution in [0.2, 0.25) is 0 Å². The third-order valence-corrected chi connectivity index (χ3v) is 5.05. The van der Waals surface area contributed by atoms with E-state index in [9.17, 15) is 0 Å². The molecule has 114 valence electrons. The lowest BCUT2D eigenvalue weighted by Gasteiger charge is -2.24. The third kappa shape index (κ3) is 3.39. The minimum Gasteiger partial charge on any atom is -0.356 e. The van der Waals surface area contributed by atoms with E-state index in [-0.39, 0.29) is 0 Å². The Labute approximate surface area is 128 Å². The molecule has 0 amide bonds. The molecule has 0 saturated heterocycles. The fourth-order valence-electron chi connectivity index (χ4n) is 3.27. The molecule has 2 aliphatic rings. The van der Waals surface area contributed by atoms with Gasteiger partial charge in [0.05, 0.1) is 0 Å². The van der Waals surface area contributed by atoms with Crippen molar-refractivity contribution in [3.8, 4) is 0 Å². The number of benzene rings is 1. The Morgan fingerprint density at radius 3 is 2.48 bits per heavy atom. The van der Waals surface area contributed by atoms with E-state index < -0.39 is 0 Å². The Kier molecular flexibility index (Phi) is 3.92. The second kappa shape index (κ2) is 5.70. The maximum atomic E-state index is 4.44. The minimum absolute atomic E-state index is 0.612. The van der Waals surface area contributed by atoms with E-state index >= 15 is 0 Å². The highest BCUT2D eigenvalue weighted by Gasteiger charge is 2.53. The molecule has 0 unspecified atom stereocenters. The normalized spacial score (nSPS) is 20.2. The summed E-state index contributed by atoms with van der Waals surface area (Å²) in [6, 6.07) is 8.74. The van der Waals surface area contributed by atoms with E-state index in [1.807, 2.05) is 7.05 Å². The van der Waals surface area contributed by atoms with Gasteiger partial charge in [0, 0.05) is 27.2 Å². The minimum atomic E-state index is 0.612. The monoisotopic (exact) mass is 285 g/mol. The number of hydrogen-bond acceptors (Lipinski definition) is 1. The van der Waals surface area contributed by atoms with Gasteiger partial charge in [-0.3, -0.25) is 4.99 Å². The maximum Gasteiger partial charge on any atom is 0.193 e. The van der Waals surface area contributed by atoms with E-state index in [1.54, 1.807) is 0 Å². The lowest BCUT2D eigenvalue weighted by atomic mass is 10.0. The van der Waals surface area contributed by atoms with Gasteiger partial charge in [-0.05, 0) is 49.5 Å². The van der Waals surface area contributed by atoms with Crippen LogP contribution in [-0.4, -0.2) is 31.5 Å². The first-order valence-corrected chi connectivity index (χ1v) is 8.10. The maximum absolute atomic E-state index is 4.44. The van der Waals surface area contributed by atoms with E-state index in [0.717, 1.165) is 25.0 Å². The van der Waals surface area contributed by atoms with Gasteiger partial charge in [0.2, 0.25) is 0 Å². The van der Waals surface area contributed by atoms with Crippen LogP contribution in [0.25, 0.3) is 0 Å². The Hall–Kier alpha value is -1.51. The second-order valence-electron chi connectivity index (χ2n) is 6.88. The molecule has 1 aromatic carbocycles. The van der Waals surface area contributed by atoms with E-state index in [2.05, 4.69) is 53.4 Å². The number of rotatable bonds is 5. The number of nitrogens with one attached hydrogen (secondary N) is 1. The predicted octanol–water partition coefficient (Wildman–Crippen LogP) is 3.19. The average Bonchev–Trinajstić information content (AvgIpc) is 3.35. The van der Waals surface area contributed by atoms with Crippen molar-refractivity contribution in [3.63, 3.8) is 0 Å². The van der Waals surface area contributed by atoms with Crippen molar-refractivity contribution < 1.29 is 0 Å². The molecule has 1 aromatic rings. The number of aliphatic imine (C=N–C) groups is 1. The van der Waals surface area contributed by atoms with Crippen LogP contribution >= 0.6 is 0 Å². The summed E-state index contributed by atoms with van der Waals surface area (Å²) >= 11 is 0. The smallest absolute Gasteiger partial charge is 0.193 e. The lowest BCUT2D eigenvalue weighted by Crippen LogP contribution is -2.41. The topological polar surface area (TPSA) is 27.6 Å². The van der Waals surface area contributed by atoms with Crippen molar-refractivity contribution in [3.05, 3.63) is 35.4 Å². The van der Waals surface area contributed by atoms with Gasteiger partial charge in [0.15, 0.2) is 5.96 Å². The van der Waals surface area contributed by atoms with Crippen molar-refractivity contribution >= 4 is 5.96 Å². The molecule has 2 aliphatic carbocycles. The molecule has 2 saturated carbocycles. The van der Waals surface area contributed by atoms with Crippen LogP contribution in [0.5, 0.6) is 0 Å². The zero-order valence-electron chi connectivity index (χ0n) is 13.5. The molecule has 1 N–H and O–H groups in total. The highest BCUT2D eigenvalue weighted by molar-refractivity contribution is 5.79. The van der Waals surface area contributed by atoms with Gasteiger partial charge in [-0.1, -0.05) is 29.8 Å². The van der Waals surface area contributed by atoms with Gasteiger partial charge >= 0.3 is 0 Å². The average molecular weight is 285 g/mol. The Bertz CT molecular complexity index is 510. The standard InChI is InChI=1S/C18H27N3/c1-14-4-6-15(7-5-14)12-21(3)17(19-2)20-13-18(10-11-18)16-8-9-16/h4-7,16H,8-13H2,1-3H3,(H,19,20). The summed E-state index contributed by atoms with van der Waals surface area (Å²) in [5.41, 5.74) is 3.25. The lowest BCUT2D eigenvalue weighted by molar-refractivity contribution is 0.409. The summed E-state index contributed by atoms with van der Waals surface area (Å²) in [4.78, 5) is 6.66. The van der Waals surface area contributed by atoms with Crippen LogP contribution in [0.3, 0.4) is 0 Å². The molecule has 0 spiro atoms. The number of guanidine groups is 1. The van der Waals surface area contributed by atoms with Crippen molar-refractivity contribution in [1.29, 1.82) is 0 Å². The molecule has 0 aromatic heterocycles. The van der Waals surface area contributed by atoms with Crippen LogP contribution in [-0.2, 0) is 6.54 Å². The molecule has 0 radical (unpaired) electrons. The van der Waals surface area contributed by atoms with E-state index in [1.165, 1.54) is 36.8 Å². The van der Waals surface area contributed by atoms with Gasteiger partial charge in [-0.25, -0.2) is 0 Å². The van der Waals surface area contributed by atoms with E-state index in [0.29, 0.717) is 5.41 Å². The molecule has 0 atom stereocenters. The SMILES string of the molecule is CN=C(NCC1(C2CC2)CC1)N(C)Cc1ccc(C)cc1. The van der Waals surface area contributed by atoms with Crippen molar-refractivity contribution in [2.24, 2.45) is 16.3 Å². The highest BCUT2D eigenvalue weighted by Crippen LogP contribution is 2.60. The Balaban J connectivity index is 1.54. The van der Waals surface area contributed by atoms with Crippen molar-refractivity contribution in [2.45, 2.75) is 39.2 Å². The first-order valence-electron chi connectivity index (χ1n) is 8.10. The van der Waals surface area contributed by atoms with Gasteiger partial charge in [-0.15, -0.1) is 0 Å². The summed E-state index contributed by atoms with van der Waals surface area (Å²) in [5.74, 6) is 2.01. The molecular formula is C18H27N3. The van der Waals surface area contributed by atoms with Crippen LogP contribution in [0, 0.1) is 18.3 Å². The number of nitrogens with zero attached hydrogens (tertiary/aromatic N) is 2. The molecule has 0 heterocycles. The largest absolute Gasteiger partial charge is 0.356 e. The van der Waals surface area contributed by atoms with Crippen molar-refractivity contribution in [2.75, 3.05) is 20.6 Å². The van der Waals surface area contributed by atoms with Gasteiger partial charge in [0.1, 0.15) is 0 Å². The molecule has 2 fully saturated rings. The first kappa shape index (κ1) is 14.4. The molecule has 3 rings (SSSR count). The molecule has 0 bridgehead atoms. The quantitative estimate of drug-likeness (QED) is 0.664. The Morgan fingerprint density at radius 1 is 1.29 bits per heavy atom. The van der Waals surface area contributed by atoms with E-state index in [4.69, 9.17) is 0 Å². The van der Waals surface area contributed by atoms with Crippen LogP contribution in [0.1, 0.15) is 36.8 Å². The van der Waals surface area contributed by atoms with Crippen molar-refractivity contribution in [1.82, 2.24) is 10.2 Å². The molecular weight excluding hydrogens is 258 g/mol. The number of hydrogen-bond donors (Lipinski definition) is 1. The molecule has 3 nitrogen and oxygen atoms in total. The molecule has 3 heteroatoms. The zero-order chi connectivity index (χ0) is 14.9. The fourth-order valence-corrected chi connectivity index (χ4v) is 3.27. The third-order valence-electron chi connectivity index (χ3n) is 5.05. The van der Waals surface area contributed by atoms with Crippen LogP contribution in [0.4, 0.5) is 0 Å². The summed E-state index contributed by atoms with van der Waals surface area (Å²) in [5, 5.41) is 3.60. The molecule has 0 aliphatic heterocycles. The fraction of sp³-hybridized carbons (Fsp3) is 0.611. The second-order valence-corrected chi connectivity index (χ2v) is 6.88. The predicted molar refractivity (Wildman–Crippen MR) is 88.4 cm³/mol.